The maximum atomic E-state index is 5.66. The highest BCUT2D eigenvalue weighted by Crippen LogP contribution is 2.20. The van der Waals surface area contributed by atoms with Gasteiger partial charge in [-0.1, -0.05) is 19.2 Å². The van der Waals surface area contributed by atoms with E-state index in [9.17, 15) is 0 Å². The zero-order valence-electron chi connectivity index (χ0n) is 7.64. The summed E-state index contributed by atoms with van der Waals surface area (Å²) in [5.41, 5.74) is 8.75. The molecule has 0 amide bonds. The van der Waals surface area contributed by atoms with Crippen LogP contribution in [0.4, 0.5) is 0 Å². The predicted molar refractivity (Wildman–Crippen MR) is 52.7 cm³/mol. The average molecular weight is 164 g/mol. The summed E-state index contributed by atoms with van der Waals surface area (Å²) in [5, 5.41) is 0. The first-order valence-electron chi connectivity index (χ1n) is 4.13. The highest BCUT2D eigenvalue weighted by atomic mass is 15.1. The van der Waals surface area contributed by atoms with E-state index in [2.05, 4.69) is 25.1 Å². The van der Waals surface area contributed by atoms with Crippen LogP contribution < -0.4 is 5.73 Å². The van der Waals surface area contributed by atoms with Crippen LogP contribution in [0.25, 0.3) is 0 Å². The van der Waals surface area contributed by atoms with Crippen molar-refractivity contribution in [1.82, 2.24) is 4.90 Å². The van der Waals surface area contributed by atoms with Gasteiger partial charge in [0.1, 0.15) is 0 Å². The van der Waals surface area contributed by atoms with E-state index in [4.69, 9.17) is 5.73 Å². The van der Waals surface area contributed by atoms with E-state index >= 15 is 0 Å². The molecule has 2 N–H and O–H groups in total. The van der Waals surface area contributed by atoms with E-state index in [-0.39, 0.29) is 0 Å². The van der Waals surface area contributed by atoms with E-state index in [0.29, 0.717) is 5.70 Å². The summed E-state index contributed by atoms with van der Waals surface area (Å²) in [6.07, 6.45) is 2.87. The molecule has 0 fully saturated rings. The number of hydrogen-bond acceptors (Lipinski definition) is 2. The molecule has 0 radical (unpaired) electrons. The molecule has 0 bridgehead atoms. The van der Waals surface area contributed by atoms with Crippen LogP contribution in [-0.4, -0.2) is 25.0 Å². The van der Waals surface area contributed by atoms with Gasteiger partial charge in [-0.3, -0.25) is 0 Å². The van der Waals surface area contributed by atoms with Crippen molar-refractivity contribution in [3.05, 3.63) is 36.1 Å². The highest BCUT2D eigenvalue weighted by molar-refractivity contribution is 5.38. The molecular weight excluding hydrogens is 148 g/mol. The SMILES string of the molecule is C=CC1=C(C(=C)N)CCN(C)C1. The molecule has 0 aromatic heterocycles. The standard InChI is InChI=1S/C10H16N2/c1-4-9-7-12(3)6-5-10(9)8(2)11/h4H,1-2,5-7,11H2,3H3. The maximum absolute atomic E-state index is 5.66. The van der Waals surface area contributed by atoms with Crippen LogP contribution in [-0.2, 0) is 0 Å². The average Bonchev–Trinajstić information content (AvgIpc) is 2.03. The molecule has 0 spiro atoms. The number of likely N-dealkylation sites (N-methyl/N-ethyl adjacent to an activating group) is 1. The van der Waals surface area contributed by atoms with Crippen LogP contribution in [0.15, 0.2) is 36.1 Å². The van der Waals surface area contributed by atoms with Gasteiger partial charge < -0.3 is 10.6 Å². The number of nitrogens with zero attached hydrogens (tertiary/aromatic N) is 1. The maximum Gasteiger partial charge on any atom is 0.0277 e. The molecule has 66 valence electrons. The molecule has 1 heterocycles. The number of rotatable bonds is 2. The van der Waals surface area contributed by atoms with Crippen molar-refractivity contribution < 1.29 is 0 Å². The van der Waals surface area contributed by atoms with Crippen molar-refractivity contribution in [3.8, 4) is 0 Å². The Morgan fingerprint density at radius 3 is 2.83 bits per heavy atom. The molecule has 0 aromatic carbocycles. The lowest BCUT2D eigenvalue weighted by atomic mass is 9.98. The van der Waals surface area contributed by atoms with Crippen molar-refractivity contribution in [2.45, 2.75) is 6.42 Å². The van der Waals surface area contributed by atoms with Crippen LogP contribution in [0.3, 0.4) is 0 Å². The van der Waals surface area contributed by atoms with E-state index in [1.807, 2.05) is 6.08 Å². The molecule has 2 heteroatoms. The minimum Gasteiger partial charge on any atom is -0.399 e. The van der Waals surface area contributed by atoms with Crippen molar-refractivity contribution in [1.29, 1.82) is 0 Å². The van der Waals surface area contributed by atoms with Crippen LogP contribution >= 0.6 is 0 Å². The summed E-state index contributed by atoms with van der Waals surface area (Å²) in [6, 6.07) is 0. The normalized spacial score (nSPS) is 19.4. The van der Waals surface area contributed by atoms with Crippen molar-refractivity contribution in [2.24, 2.45) is 5.73 Å². The smallest absolute Gasteiger partial charge is 0.0277 e. The molecule has 0 atom stereocenters. The van der Waals surface area contributed by atoms with Gasteiger partial charge in [-0.2, -0.15) is 0 Å². The largest absolute Gasteiger partial charge is 0.399 e. The fourth-order valence-electron chi connectivity index (χ4n) is 1.48. The van der Waals surface area contributed by atoms with Gasteiger partial charge in [0.05, 0.1) is 0 Å². The lowest BCUT2D eigenvalue weighted by molar-refractivity contribution is 0.353. The minimum absolute atomic E-state index is 0.693. The van der Waals surface area contributed by atoms with E-state index < -0.39 is 0 Å². The summed E-state index contributed by atoms with van der Waals surface area (Å²) < 4.78 is 0. The summed E-state index contributed by atoms with van der Waals surface area (Å²) in [7, 11) is 2.10. The molecule has 1 rings (SSSR count). The van der Waals surface area contributed by atoms with Gasteiger partial charge in [0.15, 0.2) is 0 Å². The molecular formula is C10H16N2. The van der Waals surface area contributed by atoms with Gasteiger partial charge in [-0.25, -0.2) is 0 Å². The topological polar surface area (TPSA) is 29.3 Å². The third-order valence-corrected chi connectivity index (χ3v) is 2.21. The Morgan fingerprint density at radius 1 is 1.67 bits per heavy atom. The van der Waals surface area contributed by atoms with Gasteiger partial charge in [-0.05, 0) is 24.6 Å². The fourth-order valence-corrected chi connectivity index (χ4v) is 1.48. The molecule has 1 aliphatic heterocycles. The van der Waals surface area contributed by atoms with E-state index in [1.54, 1.807) is 0 Å². The lowest BCUT2D eigenvalue weighted by Gasteiger charge is -2.26. The van der Waals surface area contributed by atoms with Crippen molar-refractivity contribution >= 4 is 0 Å². The second-order valence-electron chi connectivity index (χ2n) is 3.22. The summed E-state index contributed by atoms with van der Waals surface area (Å²) in [5.74, 6) is 0. The second-order valence-corrected chi connectivity index (χ2v) is 3.22. The first kappa shape index (κ1) is 9.07. The van der Waals surface area contributed by atoms with Gasteiger partial charge in [0, 0.05) is 18.8 Å². The van der Waals surface area contributed by atoms with Crippen LogP contribution in [0.1, 0.15) is 6.42 Å². The van der Waals surface area contributed by atoms with Gasteiger partial charge in [-0.15, -0.1) is 0 Å². The lowest BCUT2D eigenvalue weighted by Crippen LogP contribution is -2.28. The third-order valence-electron chi connectivity index (χ3n) is 2.21. The van der Waals surface area contributed by atoms with E-state index in [1.165, 1.54) is 11.1 Å². The van der Waals surface area contributed by atoms with Crippen LogP contribution in [0.5, 0.6) is 0 Å². The first-order chi connectivity index (χ1) is 5.65. The zero-order valence-corrected chi connectivity index (χ0v) is 7.64. The zero-order chi connectivity index (χ0) is 9.14. The Balaban J connectivity index is 2.91. The summed E-state index contributed by atoms with van der Waals surface area (Å²) in [6.45, 7) is 9.52. The van der Waals surface area contributed by atoms with Gasteiger partial charge in [0.2, 0.25) is 0 Å². The molecule has 2 nitrogen and oxygen atoms in total. The Bertz CT molecular complexity index is 238. The Hall–Kier alpha value is -1.02. The fraction of sp³-hybridized carbons (Fsp3) is 0.400. The van der Waals surface area contributed by atoms with Crippen LogP contribution in [0, 0.1) is 0 Å². The molecule has 12 heavy (non-hydrogen) atoms. The van der Waals surface area contributed by atoms with Gasteiger partial charge in [0.25, 0.3) is 0 Å². The molecule has 1 aliphatic rings. The molecule has 0 saturated heterocycles. The molecule has 0 unspecified atom stereocenters. The molecule has 0 aromatic rings. The highest BCUT2D eigenvalue weighted by Gasteiger charge is 2.14. The minimum atomic E-state index is 0.693. The van der Waals surface area contributed by atoms with Crippen LogP contribution in [0.2, 0.25) is 0 Å². The van der Waals surface area contributed by atoms with Gasteiger partial charge >= 0.3 is 0 Å². The third kappa shape index (κ3) is 1.77. The Morgan fingerprint density at radius 2 is 2.33 bits per heavy atom. The number of nitrogens with two attached hydrogens (primary N) is 1. The van der Waals surface area contributed by atoms with Crippen molar-refractivity contribution in [3.63, 3.8) is 0 Å². The monoisotopic (exact) mass is 164 g/mol. The molecule has 0 aliphatic carbocycles. The van der Waals surface area contributed by atoms with E-state index in [0.717, 1.165) is 19.5 Å². The van der Waals surface area contributed by atoms with Crippen molar-refractivity contribution in [2.75, 3.05) is 20.1 Å². The first-order valence-corrected chi connectivity index (χ1v) is 4.13. The Labute approximate surface area is 74.0 Å². The quantitative estimate of drug-likeness (QED) is 0.666. The second kappa shape index (κ2) is 3.59. The molecule has 0 saturated carbocycles. The predicted octanol–water partition coefficient (Wildman–Crippen LogP) is 1.28. The Kier molecular flexibility index (Phi) is 2.71. The summed E-state index contributed by atoms with van der Waals surface area (Å²) in [4.78, 5) is 2.25. The number of hydrogen-bond donors (Lipinski definition) is 1. The number of allylic oxidation sites excluding steroid dienone is 1. The summed E-state index contributed by atoms with van der Waals surface area (Å²) >= 11 is 0.